The number of carbonyl (C=O) groups is 1. The van der Waals surface area contributed by atoms with Gasteiger partial charge in [-0.3, -0.25) is 0 Å². The number of methoxy groups -OCH3 is 1. The van der Waals surface area contributed by atoms with Crippen LogP contribution in [-0.4, -0.2) is 37.9 Å². The summed E-state index contributed by atoms with van der Waals surface area (Å²) in [5.41, 5.74) is 0.606. The Morgan fingerprint density at radius 1 is 1.48 bits per heavy atom. The lowest BCUT2D eigenvalue weighted by atomic mass is 10.2. The van der Waals surface area contributed by atoms with E-state index in [2.05, 4.69) is 0 Å². The topological polar surface area (TPSA) is 63.7 Å². The molecule has 0 saturated carbocycles. The largest absolute Gasteiger partial charge is 0.465 e. The van der Waals surface area contributed by atoms with Crippen LogP contribution >= 0.6 is 11.3 Å². The Morgan fingerprint density at radius 3 is 2.71 bits per heavy atom. The van der Waals surface area contributed by atoms with Crippen LogP contribution in [0.3, 0.4) is 0 Å². The monoisotopic (exact) mass is 331 g/mol. The predicted octanol–water partition coefficient (Wildman–Crippen LogP) is 2.79. The number of ether oxygens (including phenoxy) is 1. The number of hydrogen-bond donors (Lipinski definition) is 0. The van der Waals surface area contributed by atoms with Gasteiger partial charge in [0.15, 0.2) is 0 Å². The summed E-state index contributed by atoms with van der Waals surface area (Å²) in [5, 5.41) is 1.70. The molecule has 118 valence electrons. The van der Waals surface area contributed by atoms with Gasteiger partial charge in [-0.2, -0.15) is 4.31 Å². The number of aryl methyl sites for hydroxylation is 1. The molecular weight excluding hydrogens is 310 g/mol. The number of thiophene rings is 1. The molecule has 2 atom stereocenters. The zero-order valence-electron chi connectivity index (χ0n) is 12.8. The second kappa shape index (κ2) is 6.06. The molecule has 21 heavy (non-hydrogen) atoms. The minimum atomic E-state index is -3.68. The van der Waals surface area contributed by atoms with Crippen molar-refractivity contribution in [1.82, 2.24) is 4.31 Å². The molecule has 1 aliphatic rings. The normalized spacial score (nSPS) is 23.4. The third-order valence-corrected chi connectivity index (χ3v) is 7.47. The predicted molar refractivity (Wildman–Crippen MR) is 82.2 cm³/mol. The summed E-state index contributed by atoms with van der Waals surface area (Å²) in [5.74, 6) is -0.591. The van der Waals surface area contributed by atoms with E-state index in [9.17, 15) is 13.2 Å². The van der Waals surface area contributed by atoms with E-state index in [-0.39, 0.29) is 21.9 Å². The summed E-state index contributed by atoms with van der Waals surface area (Å²) in [6, 6.07) is -0.0282. The average molecular weight is 331 g/mol. The van der Waals surface area contributed by atoms with E-state index in [0.29, 0.717) is 5.56 Å². The van der Waals surface area contributed by atoms with E-state index < -0.39 is 16.0 Å². The third-order valence-electron chi connectivity index (χ3n) is 4.01. The average Bonchev–Trinajstić information content (AvgIpc) is 3.01. The highest BCUT2D eigenvalue weighted by Crippen LogP contribution is 2.37. The van der Waals surface area contributed by atoms with Crippen molar-refractivity contribution in [1.29, 1.82) is 0 Å². The Balaban J connectivity index is 2.54. The van der Waals surface area contributed by atoms with Crippen molar-refractivity contribution in [2.45, 2.75) is 57.0 Å². The van der Waals surface area contributed by atoms with Crippen molar-refractivity contribution in [3.05, 3.63) is 15.8 Å². The SMILES string of the molecule is CCC1CCC(C)N1S(=O)(=O)c1c(C)csc1C(=O)OC. The summed E-state index contributed by atoms with van der Waals surface area (Å²) in [6.07, 6.45) is 2.50. The lowest BCUT2D eigenvalue weighted by Gasteiger charge is -2.27. The van der Waals surface area contributed by atoms with E-state index in [4.69, 9.17) is 4.74 Å². The summed E-state index contributed by atoms with van der Waals surface area (Å²) < 4.78 is 32.4. The van der Waals surface area contributed by atoms with E-state index >= 15 is 0 Å². The molecule has 0 amide bonds. The molecule has 5 nitrogen and oxygen atoms in total. The van der Waals surface area contributed by atoms with Crippen LogP contribution in [0.1, 0.15) is 48.3 Å². The van der Waals surface area contributed by atoms with Crippen LogP contribution in [0.4, 0.5) is 0 Å². The zero-order valence-corrected chi connectivity index (χ0v) is 14.4. The zero-order chi connectivity index (χ0) is 15.8. The summed E-state index contributed by atoms with van der Waals surface area (Å²) in [6.45, 7) is 5.64. The molecule has 1 fully saturated rings. The minimum absolute atomic E-state index is 0.00907. The van der Waals surface area contributed by atoms with Gasteiger partial charge < -0.3 is 4.74 Å². The van der Waals surface area contributed by atoms with Crippen LogP contribution in [0, 0.1) is 6.92 Å². The summed E-state index contributed by atoms with van der Waals surface area (Å²) in [4.78, 5) is 12.1. The molecule has 2 rings (SSSR count). The van der Waals surface area contributed by atoms with Gasteiger partial charge in [0, 0.05) is 12.1 Å². The Kier molecular flexibility index (Phi) is 4.75. The fraction of sp³-hybridized carbons (Fsp3) is 0.643. The van der Waals surface area contributed by atoms with Crippen molar-refractivity contribution in [3.8, 4) is 0 Å². The molecule has 0 spiro atoms. The lowest BCUT2D eigenvalue weighted by Crippen LogP contribution is -2.40. The Bertz CT molecular complexity index is 635. The summed E-state index contributed by atoms with van der Waals surface area (Å²) in [7, 11) is -2.41. The van der Waals surface area contributed by atoms with Gasteiger partial charge in [-0.05, 0) is 44.1 Å². The van der Waals surface area contributed by atoms with E-state index in [1.54, 1.807) is 16.6 Å². The molecule has 0 radical (unpaired) electrons. The fourth-order valence-corrected chi connectivity index (χ4v) is 6.57. The number of sulfonamides is 1. The molecule has 0 N–H and O–H groups in total. The number of rotatable bonds is 4. The first-order chi connectivity index (χ1) is 9.84. The second-order valence-electron chi connectivity index (χ2n) is 5.39. The van der Waals surface area contributed by atoms with E-state index in [1.165, 1.54) is 7.11 Å². The first kappa shape index (κ1) is 16.5. The van der Waals surface area contributed by atoms with Crippen molar-refractivity contribution in [2.75, 3.05) is 7.11 Å². The maximum Gasteiger partial charge on any atom is 0.349 e. The minimum Gasteiger partial charge on any atom is -0.465 e. The molecule has 7 heteroatoms. The molecule has 1 aliphatic heterocycles. The number of nitrogens with zero attached hydrogens (tertiary/aromatic N) is 1. The second-order valence-corrected chi connectivity index (χ2v) is 8.05. The molecule has 1 saturated heterocycles. The van der Waals surface area contributed by atoms with Gasteiger partial charge in [0.05, 0.1) is 7.11 Å². The van der Waals surface area contributed by atoms with Gasteiger partial charge in [0.2, 0.25) is 10.0 Å². The van der Waals surface area contributed by atoms with Crippen LogP contribution in [0.2, 0.25) is 0 Å². The molecule has 1 aromatic heterocycles. The van der Waals surface area contributed by atoms with Crippen LogP contribution < -0.4 is 0 Å². The van der Waals surface area contributed by atoms with E-state index in [0.717, 1.165) is 30.6 Å². The van der Waals surface area contributed by atoms with Gasteiger partial charge in [-0.25, -0.2) is 13.2 Å². The maximum absolute atomic E-state index is 13.1. The van der Waals surface area contributed by atoms with Gasteiger partial charge in [-0.1, -0.05) is 6.92 Å². The molecule has 2 unspecified atom stereocenters. The molecule has 0 bridgehead atoms. The summed E-state index contributed by atoms with van der Waals surface area (Å²) >= 11 is 1.12. The van der Waals surface area contributed by atoms with Gasteiger partial charge >= 0.3 is 5.97 Å². The molecule has 1 aromatic rings. The first-order valence-corrected chi connectivity index (χ1v) is 9.36. The fourth-order valence-electron chi connectivity index (χ4n) is 2.96. The lowest BCUT2D eigenvalue weighted by molar-refractivity contribution is 0.0602. The van der Waals surface area contributed by atoms with Gasteiger partial charge in [0.1, 0.15) is 9.77 Å². The molecular formula is C14H21NO4S2. The Morgan fingerprint density at radius 2 is 2.14 bits per heavy atom. The highest BCUT2D eigenvalue weighted by Gasteiger charge is 2.42. The van der Waals surface area contributed by atoms with Crippen LogP contribution in [-0.2, 0) is 14.8 Å². The standard InChI is InChI=1S/C14H21NO4S2/c1-5-11-7-6-10(3)15(11)21(17,18)13-9(2)8-20-12(13)14(16)19-4/h8,10-11H,5-7H2,1-4H3. The Hall–Kier alpha value is -0.920. The van der Waals surface area contributed by atoms with Crippen molar-refractivity contribution in [3.63, 3.8) is 0 Å². The van der Waals surface area contributed by atoms with Crippen molar-refractivity contribution >= 4 is 27.3 Å². The highest BCUT2D eigenvalue weighted by molar-refractivity contribution is 7.89. The van der Waals surface area contributed by atoms with Gasteiger partial charge in [-0.15, -0.1) is 11.3 Å². The van der Waals surface area contributed by atoms with Crippen LogP contribution in [0.15, 0.2) is 10.3 Å². The van der Waals surface area contributed by atoms with Crippen molar-refractivity contribution < 1.29 is 17.9 Å². The Labute approximate surface area is 130 Å². The first-order valence-electron chi connectivity index (χ1n) is 7.04. The quantitative estimate of drug-likeness (QED) is 0.796. The van der Waals surface area contributed by atoms with Gasteiger partial charge in [0.25, 0.3) is 0 Å². The van der Waals surface area contributed by atoms with E-state index in [1.807, 2.05) is 13.8 Å². The van der Waals surface area contributed by atoms with Crippen LogP contribution in [0.5, 0.6) is 0 Å². The van der Waals surface area contributed by atoms with Crippen molar-refractivity contribution in [2.24, 2.45) is 0 Å². The smallest absolute Gasteiger partial charge is 0.349 e. The molecule has 2 heterocycles. The molecule has 0 aliphatic carbocycles. The number of hydrogen-bond acceptors (Lipinski definition) is 5. The highest BCUT2D eigenvalue weighted by atomic mass is 32.2. The maximum atomic E-state index is 13.1. The third kappa shape index (κ3) is 2.74. The van der Waals surface area contributed by atoms with Crippen LogP contribution in [0.25, 0.3) is 0 Å². The number of carbonyl (C=O) groups excluding carboxylic acids is 1. The number of esters is 1. The molecule has 0 aromatic carbocycles.